The summed E-state index contributed by atoms with van der Waals surface area (Å²) in [6, 6.07) is 5.99. The third-order valence-electron chi connectivity index (χ3n) is 3.79. The van der Waals surface area contributed by atoms with Crippen LogP contribution in [0.2, 0.25) is 0 Å². The lowest BCUT2D eigenvalue weighted by Gasteiger charge is -2.31. The number of carbonyl (C=O) groups is 1. The molecule has 4 nitrogen and oxygen atoms in total. The van der Waals surface area contributed by atoms with Crippen LogP contribution in [-0.4, -0.2) is 23.9 Å². The average Bonchev–Trinajstić information content (AvgIpc) is 2.35. The van der Waals surface area contributed by atoms with Crippen molar-refractivity contribution in [3.63, 3.8) is 0 Å². The molecular formula is C14H21N3O. The first kappa shape index (κ1) is 12.9. The molecule has 1 aromatic rings. The molecule has 4 N–H and O–H groups in total. The second kappa shape index (κ2) is 5.40. The first-order chi connectivity index (χ1) is 8.58. The van der Waals surface area contributed by atoms with Crippen LogP contribution in [0.1, 0.15) is 24.0 Å². The molecule has 1 fully saturated rings. The van der Waals surface area contributed by atoms with Gasteiger partial charge in [-0.15, -0.1) is 0 Å². The number of hydrogen-bond donors (Lipinski definition) is 2. The summed E-state index contributed by atoms with van der Waals surface area (Å²) in [5, 5.41) is 0. The standard InChI is InChI=1S/C14H21N3O/c1-10-11(4-2-6-13(10)15)8-17-7-3-5-12(9-17)14(16)18/h2,4,6,12H,3,5,7-9,15H2,1H3,(H2,16,18). The molecule has 1 amide bonds. The second-order valence-corrected chi connectivity index (χ2v) is 5.11. The van der Waals surface area contributed by atoms with E-state index in [9.17, 15) is 4.79 Å². The van der Waals surface area contributed by atoms with Gasteiger partial charge in [0, 0.05) is 18.8 Å². The fourth-order valence-electron chi connectivity index (χ4n) is 2.55. The Balaban J connectivity index is 2.05. The number of piperidine rings is 1. The number of nitrogens with zero attached hydrogens (tertiary/aromatic N) is 1. The van der Waals surface area contributed by atoms with Crippen LogP contribution in [0.4, 0.5) is 5.69 Å². The first-order valence-electron chi connectivity index (χ1n) is 6.43. The highest BCUT2D eigenvalue weighted by atomic mass is 16.1. The molecule has 1 aromatic carbocycles. The van der Waals surface area contributed by atoms with Crippen molar-refractivity contribution in [1.29, 1.82) is 0 Å². The summed E-state index contributed by atoms with van der Waals surface area (Å²) in [4.78, 5) is 13.5. The molecule has 4 heteroatoms. The molecule has 0 aliphatic carbocycles. The minimum Gasteiger partial charge on any atom is -0.399 e. The number of benzene rings is 1. The van der Waals surface area contributed by atoms with Crippen LogP contribution in [0.25, 0.3) is 0 Å². The van der Waals surface area contributed by atoms with E-state index in [0.717, 1.165) is 43.7 Å². The van der Waals surface area contributed by atoms with Crippen LogP contribution in [0.5, 0.6) is 0 Å². The molecule has 0 bridgehead atoms. The largest absolute Gasteiger partial charge is 0.399 e. The number of primary amides is 1. The lowest BCUT2D eigenvalue weighted by Crippen LogP contribution is -2.40. The lowest BCUT2D eigenvalue weighted by atomic mass is 9.96. The molecule has 1 heterocycles. The van der Waals surface area contributed by atoms with Gasteiger partial charge in [-0.2, -0.15) is 0 Å². The van der Waals surface area contributed by atoms with Crippen LogP contribution in [0.15, 0.2) is 18.2 Å². The zero-order chi connectivity index (χ0) is 13.1. The molecule has 1 saturated heterocycles. The van der Waals surface area contributed by atoms with Gasteiger partial charge in [0.15, 0.2) is 0 Å². The van der Waals surface area contributed by atoms with Gasteiger partial charge in [0.1, 0.15) is 0 Å². The van der Waals surface area contributed by atoms with E-state index in [1.54, 1.807) is 0 Å². The number of carbonyl (C=O) groups excluding carboxylic acids is 1. The lowest BCUT2D eigenvalue weighted by molar-refractivity contribution is -0.123. The van der Waals surface area contributed by atoms with Gasteiger partial charge in [-0.25, -0.2) is 0 Å². The fourth-order valence-corrected chi connectivity index (χ4v) is 2.55. The highest BCUT2D eigenvalue weighted by Crippen LogP contribution is 2.21. The topological polar surface area (TPSA) is 72.3 Å². The normalized spacial score (nSPS) is 20.8. The van der Waals surface area contributed by atoms with Gasteiger partial charge in [-0.3, -0.25) is 9.69 Å². The quantitative estimate of drug-likeness (QED) is 0.790. The molecule has 18 heavy (non-hydrogen) atoms. The number of nitrogen functional groups attached to an aromatic ring is 1. The molecule has 1 atom stereocenters. The predicted molar refractivity (Wildman–Crippen MR) is 72.8 cm³/mol. The summed E-state index contributed by atoms with van der Waals surface area (Å²) >= 11 is 0. The van der Waals surface area contributed by atoms with E-state index in [1.807, 2.05) is 19.1 Å². The van der Waals surface area contributed by atoms with Crippen molar-refractivity contribution in [1.82, 2.24) is 4.90 Å². The Morgan fingerprint density at radius 2 is 2.28 bits per heavy atom. The molecule has 1 aliphatic heterocycles. The van der Waals surface area contributed by atoms with E-state index in [1.165, 1.54) is 5.56 Å². The van der Waals surface area contributed by atoms with Crippen molar-refractivity contribution in [2.75, 3.05) is 18.8 Å². The van der Waals surface area contributed by atoms with Crippen molar-refractivity contribution in [3.8, 4) is 0 Å². The van der Waals surface area contributed by atoms with E-state index in [-0.39, 0.29) is 11.8 Å². The molecular weight excluding hydrogens is 226 g/mol. The number of likely N-dealkylation sites (tertiary alicyclic amines) is 1. The highest BCUT2D eigenvalue weighted by molar-refractivity contribution is 5.76. The van der Waals surface area contributed by atoms with Gasteiger partial charge in [0.05, 0.1) is 5.92 Å². The van der Waals surface area contributed by atoms with E-state index in [2.05, 4.69) is 11.0 Å². The molecule has 0 radical (unpaired) electrons. The first-order valence-corrected chi connectivity index (χ1v) is 6.43. The Bertz CT molecular complexity index is 445. The molecule has 1 aliphatic rings. The Labute approximate surface area is 108 Å². The third-order valence-corrected chi connectivity index (χ3v) is 3.79. The number of nitrogens with two attached hydrogens (primary N) is 2. The monoisotopic (exact) mass is 247 g/mol. The average molecular weight is 247 g/mol. The Morgan fingerprint density at radius 1 is 1.50 bits per heavy atom. The fraction of sp³-hybridized carbons (Fsp3) is 0.500. The summed E-state index contributed by atoms with van der Waals surface area (Å²) in [6.45, 7) is 4.68. The van der Waals surface area contributed by atoms with Gasteiger partial charge < -0.3 is 11.5 Å². The summed E-state index contributed by atoms with van der Waals surface area (Å²) in [6.07, 6.45) is 1.96. The van der Waals surface area contributed by atoms with Crippen LogP contribution in [0.3, 0.4) is 0 Å². The zero-order valence-corrected chi connectivity index (χ0v) is 10.9. The van der Waals surface area contributed by atoms with Gasteiger partial charge in [-0.1, -0.05) is 12.1 Å². The SMILES string of the molecule is Cc1c(N)cccc1CN1CCCC(C(N)=O)C1. The van der Waals surface area contributed by atoms with Crippen LogP contribution >= 0.6 is 0 Å². The minimum absolute atomic E-state index is 0.000107. The molecule has 1 unspecified atom stereocenters. The molecule has 0 spiro atoms. The van der Waals surface area contributed by atoms with Crippen molar-refractivity contribution in [2.24, 2.45) is 11.7 Å². The number of rotatable bonds is 3. The zero-order valence-electron chi connectivity index (χ0n) is 10.9. The Kier molecular flexibility index (Phi) is 3.87. The number of anilines is 1. The van der Waals surface area contributed by atoms with E-state index in [4.69, 9.17) is 11.5 Å². The van der Waals surface area contributed by atoms with Crippen molar-refractivity contribution < 1.29 is 4.79 Å². The maximum Gasteiger partial charge on any atom is 0.221 e. The van der Waals surface area contributed by atoms with E-state index < -0.39 is 0 Å². The number of hydrogen-bond acceptors (Lipinski definition) is 3. The van der Waals surface area contributed by atoms with E-state index >= 15 is 0 Å². The molecule has 2 rings (SSSR count). The van der Waals surface area contributed by atoms with E-state index in [0.29, 0.717) is 0 Å². The summed E-state index contributed by atoms with van der Waals surface area (Å²) in [5.74, 6) is -0.177. The van der Waals surface area contributed by atoms with Gasteiger partial charge in [-0.05, 0) is 43.5 Å². The van der Waals surface area contributed by atoms with Gasteiger partial charge in [0.2, 0.25) is 5.91 Å². The third kappa shape index (κ3) is 2.82. The van der Waals surface area contributed by atoms with Crippen LogP contribution < -0.4 is 11.5 Å². The van der Waals surface area contributed by atoms with Gasteiger partial charge in [0.25, 0.3) is 0 Å². The van der Waals surface area contributed by atoms with Crippen LogP contribution in [0, 0.1) is 12.8 Å². The number of amides is 1. The minimum atomic E-state index is -0.177. The summed E-state index contributed by atoms with van der Waals surface area (Å²) in [5.41, 5.74) is 14.5. The molecule has 0 saturated carbocycles. The summed E-state index contributed by atoms with van der Waals surface area (Å²) in [7, 11) is 0. The predicted octanol–water partition coefficient (Wildman–Crippen LogP) is 1.27. The van der Waals surface area contributed by atoms with Crippen molar-refractivity contribution in [2.45, 2.75) is 26.3 Å². The van der Waals surface area contributed by atoms with Crippen LogP contribution in [-0.2, 0) is 11.3 Å². The Morgan fingerprint density at radius 3 is 3.00 bits per heavy atom. The van der Waals surface area contributed by atoms with Gasteiger partial charge >= 0.3 is 0 Å². The van der Waals surface area contributed by atoms with Crippen molar-refractivity contribution in [3.05, 3.63) is 29.3 Å². The molecule has 98 valence electrons. The van der Waals surface area contributed by atoms with Crippen molar-refractivity contribution >= 4 is 11.6 Å². The molecule has 0 aromatic heterocycles. The smallest absolute Gasteiger partial charge is 0.221 e. The Hall–Kier alpha value is -1.55. The summed E-state index contributed by atoms with van der Waals surface area (Å²) < 4.78 is 0. The highest BCUT2D eigenvalue weighted by Gasteiger charge is 2.24. The second-order valence-electron chi connectivity index (χ2n) is 5.11. The maximum absolute atomic E-state index is 11.2. The maximum atomic E-state index is 11.2.